The molecule has 2 aliphatic heterocycles. The average molecular weight is 313 g/mol. The van der Waals surface area contributed by atoms with Gasteiger partial charge >= 0.3 is 0 Å². The maximum absolute atomic E-state index is 6.28. The molecule has 116 valence electrons. The molecule has 3 rings (SSSR count). The zero-order valence-electron chi connectivity index (χ0n) is 12.2. The number of hydrogen-bond acceptors (Lipinski definition) is 5. The van der Waals surface area contributed by atoms with Crippen molar-refractivity contribution in [2.24, 2.45) is 5.73 Å². The standard InChI is InChI=1S/C15H21ClN2O3/c1-2-11-8-18(3-4-19-11)13(7-17)10-5-12(16)15-14(6-10)20-9-21-15/h5-6,11,13H,2-4,7-9,17H2,1H3. The monoisotopic (exact) mass is 312 g/mol. The van der Waals surface area contributed by atoms with Gasteiger partial charge in [-0.3, -0.25) is 4.90 Å². The molecule has 0 aliphatic carbocycles. The van der Waals surface area contributed by atoms with Crippen molar-refractivity contribution in [1.82, 2.24) is 4.90 Å². The number of ether oxygens (including phenoxy) is 3. The second-order valence-electron chi connectivity index (χ2n) is 5.38. The molecule has 2 unspecified atom stereocenters. The molecule has 2 aliphatic rings. The fourth-order valence-electron chi connectivity index (χ4n) is 2.95. The first kappa shape index (κ1) is 14.9. The second kappa shape index (κ2) is 6.40. The Morgan fingerprint density at radius 2 is 2.29 bits per heavy atom. The van der Waals surface area contributed by atoms with Crippen LogP contribution in [0.4, 0.5) is 0 Å². The van der Waals surface area contributed by atoms with Gasteiger partial charge in [-0.25, -0.2) is 0 Å². The largest absolute Gasteiger partial charge is 0.454 e. The molecule has 1 aromatic rings. The van der Waals surface area contributed by atoms with E-state index in [1.807, 2.05) is 12.1 Å². The van der Waals surface area contributed by atoms with Crippen LogP contribution in [-0.2, 0) is 4.74 Å². The molecule has 2 atom stereocenters. The molecule has 2 heterocycles. The van der Waals surface area contributed by atoms with Gasteiger partial charge in [0.15, 0.2) is 11.5 Å². The summed E-state index contributed by atoms with van der Waals surface area (Å²) < 4.78 is 16.5. The summed E-state index contributed by atoms with van der Waals surface area (Å²) in [4.78, 5) is 2.37. The quantitative estimate of drug-likeness (QED) is 0.923. The molecule has 6 heteroatoms. The third-order valence-corrected chi connectivity index (χ3v) is 4.40. The summed E-state index contributed by atoms with van der Waals surface area (Å²) in [5.41, 5.74) is 7.09. The predicted octanol–water partition coefficient (Wildman–Crippen LogP) is 2.18. The molecule has 1 fully saturated rings. The minimum Gasteiger partial charge on any atom is -0.454 e. The van der Waals surface area contributed by atoms with E-state index in [1.54, 1.807) is 0 Å². The average Bonchev–Trinajstić information content (AvgIpc) is 2.97. The van der Waals surface area contributed by atoms with E-state index in [0.29, 0.717) is 23.1 Å². The van der Waals surface area contributed by atoms with Crippen LogP contribution < -0.4 is 15.2 Å². The van der Waals surface area contributed by atoms with Gasteiger partial charge in [-0.15, -0.1) is 0 Å². The molecule has 5 nitrogen and oxygen atoms in total. The lowest BCUT2D eigenvalue weighted by molar-refractivity contribution is -0.0437. The molecule has 0 spiro atoms. The lowest BCUT2D eigenvalue weighted by atomic mass is 10.0. The maximum Gasteiger partial charge on any atom is 0.231 e. The molecule has 1 saturated heterocycles. The van der Waals surface area contributed by atoms with Crippen molar-refractivity contribution in [2.75, 3.05) is 33.0 Å². The topological polar surface area (TPSA) is 57.0 Å². The van der Waals surface area contributed by atoms with Gasteiger partial charge in [0.1, 0.15) is 0 Å². The summed E-state index contributed by atoms with van der Waals surface area (Å²) >= 11 is 6.28. The van der Waals surface area contributed by atoms with E-state index in [4.69, 9.17) is 31.5 Å². The Kier molecular flexibility index (Phi) is 4.54. The van der Waals surface area contributed by atoms with Crippen LogP contribution in [0.15, 0.2) is 12.1 Å². The number of nitrogens with zero attached hydrogens (tertiary/aromatic N) is 1. The second-order valence-corrected chi connectivity index (χ2v) is 5.79. The van der Waals surface area contributed by atoms with E-state index in [2.05, 4.69) is 11.8 Å². The van der Waals surface area contributed by atoms with Crippen LogP contribution in [0.5, 0.6) is 11.5 Å². The van der Waals surface area contributed by atoms with Gasteiger partial charge in [0, 0.05) is 25.7 Å². The van der Waals surface area contributed by atoms with Crippen LogP contribution in [0.3, 0.4) is 0 Å². The van der Waals surface area contributed by atoms with Crippen LogP contribution >= 0.6 is 11.6 Å². The molecule has 21 heavy (non-hydrogen) atoms. The van der Waals surface area contributed by atoms with E-state index in [-0.39, 0.29) is 18.9 Å². The van der Waals surface area contributed by atoms with Gasteiger partial charge < -0.3 is 19.9 Å². The van der Waals surface area contributed by atoms with E-state index in [1.165, 1.54) is 0 Å². The number of fused-ring (bicyclic) bond motifs is 1. The van der Waals surface area contributed by atoms with Gasteiger partial charge in [0.2, 0.25) is 6.79 Å². The van der Waals surface area contributed by atoms with Gasteiger partial charge in [0.05, 0.1) is 17.7 Å². The smallest absolute Gasteiger partial charge is 0.231 e. The number of nitrogens with two attached hydrogens (primary N) is 1. The lowest BCUT2D eigenvalue weighted by Crippen LogP contribution is -2.46. The SMILES string of the molecule is CCC1CN(C(CN)c2cc(Cl)c3c(c2)OCO3)CCO1. The van der Waals surface area contributed by atoms with Crippen LogP contribution in [-0.4, -0.2) is 44.0 Å². The minimum atomic E-state index is 0.120. The Labute approximate surface area is 129 Å². The highest BCUT2D eigenvalue weighted by Crippen LogP contribution is 2.41. The molecule has 0 bridgehead atoms. The minimum absolute atomic E-state index is 0.120. The highest BCUT2D eigenvalue weighted by atomic mass is 35.5. The summed E-state index contributed by atoms with van der Waals surface area (Å²) in [5, 5.41) is 0.582. The Morgan fingerprint density at radius 3 is 3.05 bits per heavy atom. The van der Waals surface area contributed by atoms with Crippen molar-refractivity contribution < 1.29 is 14.2 Å². The fourth-order valence-corrected chi connectivity index (χ4v) is 3.22. The van der Waals surface area contributed by atoms with Crippen molar-refractivity contribution in [1.29, 1.82) is 0 Å². The van der Waals surface area contributed by atoms with Crippen LogP contribution in [0.2, 0.25) is 5.02 Å². The van der Waals surface area contributed by atoms with Crippen LogP contribution in [0.1, 0.15) is 24.9 Å². The van der Waals surface area contributed by atoms with Crippen molar-refractivity contribution in [2.45, 2.75) is 25.5 Å². The summed E-state index contributed by atoms with van der Waals surface area (Å²) in [5.74, 6) is 1.33. The maximum atomic E-state index is 6.28. The first-order valence-electron chi connectivity index (χ1n) is 7.37. The zero-order valence-corrected chi connectivity index (χ0v) is 12.9. The zero-order chi connectivity index (χ0) is 14.8. The third kappa shape index (κ3) is 2.97. The van der Waals surface area contributed by atoms with Crippen LogP contribution in [0, 0.1) is 0 Å². The first-order chi connectivity index (χ1) is 10.2. The van der Waals surface area contributed by atoms with Gasteiger partial charge in [-0.05, 0) is 24.1 Å². The lowest BCUT2D eigenvalue weighted by Gasteiger charge is -2.38. The molecule has 0 amide bonds. The predicted molar refractivity (Wildman–Crippen MR) is 81.0 cm³/mol. The molecule has 0 saturated carbocycles. The van der Waals surface area contributed by atoms with Gasteiger partial charge in [0.25, 0.3) is 0 Å². The Hall–Kier alpha value is -1.01. The van der Waals surface area contributed by atoms with Crippen molar-refractivity contribution in [3.63, 3.8) is 0 Å². The summed E-state index contributed by atoms with van der Waals surface area (Å²) in [6.45, 7) is 5.42. The summed E-state index contributed by atoms with van der Waals surface area (Å²) in [6.07, 6.45) is 1.28. The molecular weight excluding hydrogens is 292 g/mol. The van der Waals surface area contributed by atoms with E-state index < -0.39 is 0 Å². The Balaban J connectivity index is 1.84. The van der Waals surface area contributed by atoms with Crippen molar-refractivity contribution in [3.05, 3.63) is 22.7 Å². The van der Waals surface area contributed by atoms with Gasteiger partial charge in [-0.1, -0.05) is 18.5 Å². The molecule has 2 N–H and O–H groups in total. The molecular formula is C15H21ClN2O3. The third-order valence-electron chi connectivity index (χ3n) is 4.12. The first-order valence-corrected chi connectivity index (χ1v) is 7.75. The van der Waals surface area contributed by atoms with Crippen molar-refractivity contribution in [3.8, 4) is 11.5 Å². The fraction of sp³-hybridized carbons (Fsp3) is 0.600. The van der Waals surface area contributed by atoms with Crippen LogP contribution in [0.25, 0.3) is 0 Å². The summed E-state index contributed by atoms with van der Waals surface area (Å²) in [7, 11) is 0. The Bertz CT molecular complexity index is 512. The van der Waals surface area contributed by atoms with Crippen molar-refractivity contribution >= 4 is 11.6 Å². The molecule has 0 aromatic heterocycles. The number of rotatable bonds is 4. The number of halogens is 1. The molecule has 0 radical (unpaired) electrons. The number of benzene rings is 1. The summed E-state index contributed by atoms with van der Waals surface area (Å²) in [6, 6.07) is 4.04. The Morgan fingerprint density at radius 1 is 1.43 bits per heavy atom. The van der Waals surface area contributed by atoms with Gasteiger partial charge in [-0.2, -0.15) is 0 Å². The highest BCUT2D eigenvalue weighted by Gasteiger charge is 2.28. The number of morpholine rings is 1. The molecule has 1 aromatic carbocycles. The van der Waals surface area contributed by atoms with E-state index in [9.17, 15) is 0 Å². The number of hydrogen-bond donors (Lipinski definition) is 1. The van der Waals surface area contributed by atoms with E-state index in [0.717, 1.165) is 31.7 Å². The highest BCUT2D eigenvalue weighted by molar-refractivity contribution is 6.32. The normalized spacial score (nSPS) is 23.3. The van der Waals surface area contributed by atoms with E-state index >= 15 is 0 Å².